The zero-order valence-corrected chi connectivity index (χ0v) is 9.89. The Morgan fingerprint density at radius 1 is 1.22 bits per heavy atom. The lowest BCUT2D eigenvalue weighted by atomic mass is 10.0. The van der Waals surface area contributed by atoms with Gasteiger partial charge in [0.1, 0.15) is 6.61 Å². The molecular weight excluding hydrogens is 232 g/mol. The molecule has 0 aliphatic heterocycles. The van der Waals surface area contributed by atoms with Gasteiger partial charge in [-0.1, -0.05) is 24.8 Å². The summed E-state index contributed by atoms with van der Waals surface area (Å²) < 4.78 is 4.83. The molecule has 0 bridgehead atoms. The lowest BCUT2D eigenvalue weighted by Gasteiger charge is -2.07. The molecule has 0 fully saturated rings. The molecule has 0 spiro atoms. The van der Waals surface area contributed by atoms with Crippen LogP contribution in [0.5, 0.6) is 0 Å². The van der Waals surface area contributed by atoms with Gasteiger partial charge in [-0.05, 0) is 24.1 Å². The minimum atomic E-state index is -1.16. The number of esters is 1. The van der Waals surface area contributed by atoms with Crippen molar-refractivity contribution in [3.05, 3.63) is 60.2 Å². The van der Waals surface area contributed by atoms with Crippen LogP contribution in [0.1, 0.15) is 26.3 Å². The molecule has 0 radical (unpaired) electrons. The number of hydrogen-bond acceptors (Lipinski definition) is 3. The molecule has 0 amide bonds. The monoisotopic (exact) mass is 246 g/mol. The summed E-state index contributed by atoms with van der Waals surface area (Å²) in [6.07, 6.45) is 3.63. The second kappa shape index (κ2) is 6.39. The zero-order chi connectivity index (χ0) is 13.5. The van der Waals surface area contributed by atoms with E-state index < -0.39 is 11.9 Å². The molecule has 0 saturated heterocycles. The Morgan fingerprint density at radius 3 is 2.50 bits per heavy atom. The fourth-order valence-corrected chi connectivity index (χ4v) is 1.45. The molecule has 0 heterocycles. The summed E-state index contributed by atoms with van der Waals surface area (Å²) in [5.41, 5.74) is 0.753. The molecule has 1 aromatic rings. The summed E-state index contributed by atoms with van der Waals surface area (Å²) in [5.74, 6) is -1.83. The average molecular weight is 246 g/mol. The van der Waals surface area contributed by atoms with Crippen molar-refractivity contribution in [3.63, 3.8) is 0 Å². The number of carboxylic acid groups (broad SMARTS) is 1. The fourth-order valence-electron chi connectivity index (χ4n) is 1.45. The highest BCUT2D eigenvalue weighted by Gasteiger charge is 2.17. The van der Waals surface area contributed by atoms with Crippen molar-refractivity contribution in [2.45, 2.75) is 6.42 Å². The Hall–Kier alpha value is -2.36. The van der Waals surface area contributed by atoms with E-state index in [9.17, 15) is 9.59 Å². The lowest BCUT2D eigenvalue weighted by Crippen LogP contribution is -2.12. The van der Waals surface area contributed by atoms with Gasteiger partial charge in [0.05, 0.1) is 11.1 Å². The Bertz CT molecular complexity index is 489. The molecule has 0 saturated carbocycles. The molecule has 4 nitrogen and oxygen atoms in total. The van der Waals surface area contributed by atoms with Crippen LogP contribution in [0.2, 0.25) is 0 Å². The first-order valence-electron chi connectivity index (χ1n) is 5.35. The van der Waals surface area contributed by atoms with Crippen LogP contribution >= 0.6 is 0 Å². The molecule has 0 unspecified atom stereocenters. The van der Waals surface area contributed by atoms with Gasteiger partial charge in [-0.25, -0.2) is 9.59 Å². The number of allylic oxidation sites excluding steroid dienone is 1. The number of hydrogen-bond donors (Lipinski definition) is 1. The van der Waals surface area contributed by atoms with Crippen LogP contribution in [-0.2, 0) is 11.2 Å². The summed E-state index contributed by atoms with van der Waals surface area (Å²) in [6, 6.07) is 4.58. The molecule has 4 heteroatoms. The Labute approximate surface area is 105 Å². The van der Waals surface area contributed by atoms with Crippen LogP contribution in [0, 0.1) is 0 Å². The second-order valence-corrected chi connectivity index (χ2v) is 3.57. The number of carbonyl (C=O) groups excluding carboxylic acids is 1. The first kappa shape index (κ1) is 13.7. The van der Waals surface area contributed by atoms with E-state index >= 15 is 0 Å². The first-order valence-corrected chi connectivity index (χ1v) is 5.35. The number of benzene rings is 1. The van der Waals surface area contributed by atoms with Crippen LogP contribution in [-0.4, -0.2) is 23.7 Å². The van der Waals surface area contributed by atoms with Crippen molar-refractivity contribution in [2.75, 3.05) is 6.61 Å². The van der Waals surface area contributed by atoms with Gasteiger partial charge in [0.2, 0.25) is 0 Å². The Kier molecular flexibility index (Phi) is 4.87. The van der Waals surface area contributed by atoms with E-state index in [-0.39, 0.29) is 17.7 Å². The van der Waals surface area contributed by atoms with Gasteiger partial charge in [0, 0.05) is 0 Å². The minimum absolute atomic E-state index is 0.0390. The number of carbonyl (C=O) groups is 2. The summed E-state index contributed by atoms with van der Waals surface area (Å²) in [6.45, 7) is 7.04. The highest BCUT2D eigenvalue weighted by atomic mass is 16.5. The third-order valence-electron chi connectivity index (χ3n) is 2.25. The third kappa shape index (κ3) is 3.31. The molecule has 18 heavy (non-hydrogen) atoms. The van der Waals surface area contributed by atoms with Crippen molar-refractivity contribution in [1.29, 1.82) is 0 Å². The van der Waals surface area contributed by atoms with Crippen molar-refractivity contribution < 1.29 is 19.4 Å². The van der Waals surface area contributed by atoms with Gasteiger partial charge in [-0.2, -0.15) is 0 Å². The fraction of sp³-hybridized carbons (Fsp3) is 0.143. The van der Waals surface area contributed by atoms with Crippen LogP contribution in [0.4, 0.5) is 0 Å². The highest BCUT2D eigenvalue weighted by Crippen LogP contribution is 2.14. The van der Waals surface area contributed by atoms with Crippen molar-refractivity contribution in [3.8, 4) is 0 Å². The van der Waals surface area contributed by atoms with Crippen molar-refractivity contribution >= 4 is 11.9 Å². The molecule has 0 aliphatic rings. The summed E-state index contributed by atoms with van der Waals surface area (Å²) in [7, 11) is 0. The number of ether oxygens (including phenoxy) is 1. The number of rotatable bonds is 6. The number of aromatic carboxylic acids is 1. The molecule has 0 atom stereocenters. The van der Waals surface area contributed by atoms with Crippen molar-refractivity contribution in [1.82, 2.24) is 0 Å². The van der Waals surface area contributed by atoms with E-state index in [1.165, 1.54) is 18.2 Å². The molecular formula is C14H14O4. The maximum atomic E-state index is 11.6. The van der Waals surface area contributed by atoms with E-state index in [1.54, 1.807) is 12.1 Å². The SMILES string of the molecule is C=CCOC(=O)c1ccc(CC=C)cc1C(=O)O. The van der Waals surface area contributed by atoms with Gasteiger partial charge in [0.15, 0.2) is 0 Å². The van der Waals surface area contributed by atoms with E-state index in [0.717, 1.165) is 5.56 Å². The molecule has 1 N–H and O–H groups in total. The molecule has 94 valence electrons. The van der Waals surface area contributed by atoms with Crippen molar-refractivity contribution in [2.24, 2.45) is 0 Å². The normalized spacial score (nSPS) is 9.56. The molecule has 0 aliphatic carbocycles. The van der Waals surface area contributed by atoms with Gasteiger partial charge in [-0.3, -0.25) is 0 Å². The van der Waals surface area contributed by atoms with Gasteiger partial charge in [-0.15, -0.1) is 6.58 Å². The average Bonchev–Trinajstić information content (AvgIpc) is 2.36. The van der Waals surface area contributed by atoms with E-state index in [2.05, 4.69) is 13.2 Å². The molecule has 1 rings (SSSR count). The predicted octanol–water partition coefficient (Wildman–Crippen LogP) is 2.46. The molecule has 1 aromatic carbocycles. The van der Waals surface area contributed by atoms with Gasteiger partial charge >= 0.3 is 11.9 Å². The van der Waals surface area contributed by atoms with Crippen LogP contribution in [0.15, 0.2) is 43.5 Å². The van der Waals surface area contributed by atoms with Crippen LogP contribution in [0.25, 0.3) is 0 Å². The lowest BCUT2D eigenvalue weighted by molar-refractivity contribution is 0.0536. The van der Waals surface area contributed by atoms with Gasteiger partial charge < -0.3 is 9.84 Å². The van der Waals surface area contributed by atoms with E-state index in [0.29, 0.717) is 6.42 Å². The zero-order valence-electron chi connectivity index (χ0n) is 9.89. The quantitative estimate of drug-likeness (QED) is 0.618. The van der Waals surface area contributed by atoms with E-state index in [4.69, 9.17) is 9.84 Å². The van der Waals surface area contributed by atoms with Crippen LogP contribution < -0.4 is 0 Å². The van der Waals surface area contributed by atoms with Crippen LogP contribution in [0.3, 0.4) is 0 Å². The first-order chi connectivity index (χ1) is 8.60. The topological polar surface area (TPSA) is 63.6 Å². The number of carboxylic acids is 1. The standard InChI is InChI=1S/C14H14O4/c1-3-5-10-6-7-11(12(9-10)13(15)16)14(17)18-8-4-2/h3-4,6-7,9H,1-2,5,8H2,(H,15,16). The largest absolute Gasteiger partial charge is 0.478 e. The summed E-state index contributed by atoms with van der Waals surface area (Å²) in [4.78, 5) is 22.7. The Balaban J connectivity index is 3.10. The van der Waals surface area contributed by atoms with E-state index in [1.807, 2.05) is 0 Å². The second-order valence-electron chi connectivity index (χ2n) is 3.57. The summed E-state index contributed by atoms with van der Waals surface area (Å²) in [5, 5.41) is 9.08. The smallest absolute Gasteiger partial charge is 0.339 e. The third-order valence-corrected chi connectivity index (χ3v) is 2.25. The Morgan fingerprint density at radius 2 is 1.94 bits per heavy atom. The maximum Gasteiger partial charge on any atom is 0.339 e. The minimum Gasteiger partial charge on any atom is -0.478 e. The summed E-state index contributed by atoms with van der Waals surface area (Å²) >= 11 is 0. The highest BCUT2D eigenvalue weighted by molar-refractivity contribution is 6.02. The predicted molar refractivity (Wildman–Crippen MR) is 67.8 cm³/mol. The maximum absolute atomic E-state index is 11.6. The van der Waals surface area contributed by atoms with Gasteiger partial charge in [0.25, 0.3) is 0 Å². The molecule has 0 aromatic heterocycles.